The second-order valence-corrected chi connectivity index (χ2v) is 9.61. The summed E-state index contributed by atoms with van der Waals surface area (Å²) in [7, 11) is 0. The molecule has 4 aromatic rings. The third kappa shape index (κ3) is 4.28. The van der Waals surface area contributed by atoms with Gasteiger partial charge in [-0.05, 0) is 35.6 Å². The molecule has 0 radical (unpaired) electrons. The van der Waals surface area contributed by atoms with Gasteiger partial charge in [0.2, 0.25) is 5.76 Å². The van der Waals surface area contributed by atoms with E-state index in [1.807, 2.05) is 60.7 Å². The van der Waals surface area contributed by atoms with Gasteiger partial charge in [0, 0.05) is 31.6 Å². The summed E-state index contributed by atoms with van der Waals surface area (Å²) >= 11 is 0. The van der Waals surface area contributed by atoms with Crippen LogP contribution in [0, 0.1) is 0 Å². The standard InChI is InChI=1S/C30H30N2O5/c1-2-17-36-22-10-7-21(8-11-22)26-25-27(33)24-12-9-20-5-3-4-6-23(20)28(24)37-29(25)30(34)32(26)14-13-31-15-18-35-19-16-31/h3-12,26H,2,13-19H2,1H3. The molecule has 0 aliphatic carbocycles. The number of carbonyl (C=O) groups is 1. The van der Waals surface area contributed by atoms with Crippen LogP contribution in [0.2, 0.25) is 0 Å². The molecule has 37 heavy (non-hydrogen) atoms. The van der Waals surface area contributed by atoms with E-state index in [2.05, 4.69) is 11.8 Å². The molecule has 190 valence electrons. The number of hydrogen-bond donors (Lipinski definition) is 0. The summed E-state index contributed by atoms with van der Waals surface area (Å²) in [5.74, 6) is 0.672. The molecule has 0 spiro atoms. The Hall–Kier alpha value is -3.68. The SMILES string of the molecule is CCCOc1ccc(C2c3c(oc4c(ccc5ccccc54)c3=O)C(=O)N2CCN2CCOCC2)cc1. The van der Waals surface area contributed by atoms with Crippen molar-refractivity contribution in [2.24, 2.45) is 0 Å². The van der Waals surface area contributed by atoms with Crippen molar-refractivity contribution in [1.29, 1.82) is 0 Å². The smallest absolute Gasteiger partial charge is 0.290 e. The van der Waals surface area contributed by atoms with Crippen molar-refractivity contribution >= 4 is 27.6 Å². The number of benzene rings is 3. The Morgan fingerprint density at radius 1 is 0.919 bits per heavy atom. The van der Waals surface area contributed by atoms with Crippen molar-refractivity contribution < 1.29 is 18.7 Å². The van der Waals surface area contributed by atoms with Gasteiger partial charge in [-0.25, -0.2) is 0 Å². The number of ether oxygens (including phenoxy) is 2. The minimum absolute atomic E-state index is 0.146. The normalized spacial score (nSPS) is 18.0. The van der Waals surface area contributed by atoms with E-state index >= 15 is 0 Å². The maximum atomic E-state index is 14.0. The molecule has 1 atom stereocenters. The molecule has 1 saturated heterocycles. The zero-order chi connectivity index (χ0) is 25.4. The Morgan fingerprint density at radius 2 is 1.70 bits per heavy atom. The Balaban J connectivity index is 1.45. The van der Waals surface area contributed by atoms with Gasteiger partial charge < -0.3 is 18.8 Å². The third-order valence-corrected chi connectivity index (χ3v) is 7.29. The number of rotatable bonds is 7. The van der Waals surface area contributed by atoms with Gasteiger partial charge in [0.1, 0.15) is 11.3 Å². The van der Waals surface area contributed by atoms with Gasteiger partial charge >= 0.3 is 0 Å². The van der Waals surface area contributed by atoms with Crippen molar-refractivity contribution in [3.63, 3.8) is 0 Å². The Labute approximate surface area is 215 Å². The van der Waals surface area contributed by atoms with Gasteiger partial charge in [-0.15, -0.1) is 0 Å². The first-order chi connectivity index (χ1) is 18.2. The summed E-state index contributed by atoms with van der Waals surface area (Å²) in [6, 6.07) is 18.7. The molecule has 6 rings (SSSR count). The summed E-state index contributed by atoms with van der Waals surface area (Å²) < 4.78 is 17.5. The van der Waals surface area contributed by atoms with Crippen molar-refractivity contribution in [1.82, 2.24) is 9.80 Å². The molecule has 0 bridgehead atoms. The molecule has 0 N–H and O–H groups in total. The van der Waals surface area contributed by atoms with Crippen LogP contribution in [-0.2, 0) is 4.74 Å². The fourth-order valence-corrected chi connectivity index (χ4v) is 5.37. The largest absolute Gasteiger partial charge is 0.494 e. The number of amides is 1. The average Bonchev–Trinajstić information content (AvgIpc) is 3.23. The van der Waals surface area contributed by atoms with Crippen LogP contribution in [0.3, 0.4) is 0 Å². The number of morpholine rings is 1. The lowest BCUT2D eigenvalue weighted by atomic mass is 9.97. The second kappa shape index (κ2) is 10.00. The summed E-state index contributed by atoms with van der Waals surface area (Å²) in [4.78, 5) is 31.9. The van der Waals surface area contributed by atoms with E-state index in [0.29, 0.717) is 49.4 Å². The number of fused-ring (bicyclic) bond motifs is 4. The predicted molar refractivity (Wildman–Crippen MR) is 142 cm³/mol. The predicted octanol–water partition coefficient (Wildman–Crippen LogP) is 4.61. The highest BCUT2D eigenvalue weighted by atomic mass is 16.5. The highest BCUT2D eigenvalue weighted by Gasteiger charge is 2.42. The lowest BCUT2D eigenvalue weighted by molar-refractivity contribution is 0.0314. The van der Waals surface area contributed by atoms with Crippen LogP contribution >= 0.6 is 0 Å². The molecule has 7 nitrogen and oxygen atoms in total. The Kier molecular flexibility index (Phi) is 6.40. The maximum absolute atomic E-state index is 14.0. The third-order valence-electron chi connectivity index (χ3n) is 7.29. The second-order valence-electron chi connectivity index (χ2n) is 9.61. The van der Waals surface area contributed by atoms with Crippen molar-refractivity contribution in [3.8, 4) is 5.75 Å². The first-order valence-electron chi connectivity index (χ1n) is 13.0. The van der Waals surface area contributed by atoms with E-state index in [1.165, 1.54) is 0 Å². The molecule has 1 amide bonds. The molecular weight excluding hydrogens is 468 g/mol. The average molecular weight is 499 g/mol. The Morgan fingerprint density at radius 3 is 2.49 bits per heavy atom. The van der Waals surface area contributed by atoms with E-state index < -0.39 is 6.04 Å². The van der Waals surface area contributed by atoms with E-state index in [9.17, 15) is 9.59 Å². The fraction of sp³-hybridized carbons (Fsp3) is 0.333. The zero-order valence-corrected chi connectivity index (χ0v) is 20.9. The molecular formula is C30H30N2O5. The Bertz CT molecular complexity index is 1500. The van der Waals surface area contributed by atoms with Crippen LogP contribution in [0.15, 0.2) is 69.9 Å². The summed E-state index contributed by atoms with van der Waals surface area (Å²) in [5.41, 5.74) is 1.59. The van der Waals surface area contributed by atoms with E-state index in [-0.39, 0.29) is 17.1 Å². The minimum Gasteiger partial charge on any atom is -0.494 e. The summed E-state index contributed by atoms with van der Waals surface area (Å²) in [6.45, 7) is 6.93. The van der Waals surface area contributed by atoms with Crippen molar-refractivity contribution in [2.75, 3.05) is 46.0 Å². The highest BCUT2D eigenvalue weighted by Crippen LogP contribution is 2.39. The van der Waals surface area contributed by atoms with Crippen LogP contribution in [0.5, 0.6) is 5.75 Å². The van der Waals surface area contributed by atoms with E-state index in [4.69, 9.17) is 13.9 Å². The molecule has 2 aliphatic heterocycles. The van der Waals surface area contributed by atoms with Crippen LogP contribution in [0.25, 0.3) is 21.7 Å². The lowest BCUT2D eigenvalue weighted by Crippen LogP contribution is -2.42. The van der Waals surface area contributed by atoms with E-state index in [1.54, 1.807) is 4.90 Å². The molecule has 0 saturated carbocycles. The van der Waals surface area contributed by atoms with Crippen molar-refractivity contribution in [3.05, 3.63) is 87.8 Å². The maximum Gasteiger partial charge on any atom is 0.290 e. The van der Waals surface area contributed by atoms with Gasteiger partial charge in [-0.2, -0.15) is 0 Å². The van der Waals surface area contributed by atoms with Gasteiger partial charge in [-0.3, -0.25) is 14.5 Å². The molecule has 1 unspecified atom stereocenters. The van der Waals surface area contributed by atoms with Crippen molar-refractivity contribution in [2.45, 2.75) is 19.4 Å². The number of nitrogens with zero attached hydrogens (tertiary/aromatic N) is 2. The van der Waals surface area contributed by atoms with E-state index in [0.717, 1.165) is 41.6 Å². The highest BCUT2D eigenvalue weighted by molar-refractivity contribution is 6.06. The molecule has 3 aromatic carbocycles. The quantitative estimate of drug-likeness (QED) is 0.347. The first-order valence-corrected chi connectivity index (χ1v) is 13.0. The van der Waals surface area contributed by atoms with Crippen LogP contribution in [0.4, 0.5) is 0 Å². The molecule has 3 heterocycles. The summed E-state index contributed by atoms with van der Waals surface area (Å²) in [5, 5.41) is 2.29. The monoisotopic (exact) mass is 498 g/mol. The minimum atomic E-state index is -0.518. The van der Waals surface area contributed by atoms with Gasteiger partial charge in [0.15, 0.2) is 5.43 Å². The van der Waals surface area contributed by atoms with Crippen LogP contribution < -0.4 is 10.2 Å². The summed E-state index contributed by atoms with van der Waals surface area (Å²) in [6.07, 6.45) is 0.921. The molecule has 2 aliphatic rings. The number of hydrogen-bond acceptors (Lipinski definition) is 6. The molecule has 7 heteroatoms. The van der Waals surface area contributed by atoms with Crippen LogP contribution in [-0.4, -0.2) is 61.7 Å². The van der Waals surface area contributed by atoms with Gasteiger partial charge in [0.25, 0.3) is 5.91 Å². The fourth-order valence-electron chi connectivity index (χ4n) is 5.37. The number of carbonyl (C=O) groups excluding carboxylic acids is 1. The van der Waals surface area contributed by atoms with Crippen LogP contribution in [0.1, 0.15) is 41.1 Å². The molecule has 1 aromatic heterocycles. The van der Waals surface area contributed by atoms with Gasteiger partial charge in [0.05, 0.1) is 36.8 Å². The molecule has 1 fully saturated rings. The van der Waals surface area contributed by atoms with Gasteiger partial charge in [-0.1, -0.05) is 49.4 Å². The first kappa shape index (κ1) is 23.7. The lowest BCUT2D eigenvalue weighted by Gasteiger charge is -2.31. The zero-order valence-electron chi connectivity index (χ0n) is 20.9. The topological polar surface area (TPSA) is 72.2 Å².